The normalized spacial score (nSPS) is 12.0. The number of aryl methyl sites for hydroxylation is 1. The van der Waals surface area contributed by atoms with E-state index < -0.39 is 11.9 Å². The number of rotatable bonds is 19. The van der Waals surface area contributed by atoms with Gasteiger partial charge in [0.15, 0.2) is 23.5 Å². The number of ether oxygens (including phenoxy) is 6. The molecule has 0 radical (unpaired) electrons. The summed E-state index contributed by atoms with van der Waals surface area (Å²) in [5.41, 5.74) is 1.66. The Bertz CT molecular complexity index is 1300. The predicted molar refractivity (Wildman–Crippen MR) is 168 cm³/mol. The minimum Gasteiger partial charge on any atom is -0.493 e. The van der Waals surface area contributed by atoms with Gasteiger partial charge in [0.05, 0.1) is 37.6 Å². The zero-order chi connectivity index (χ0) is 32.1. The molecule has 2 aromatic rings. The highest BCUT2D eigenvalue weighted by Crippen LogP contribution is 2.51. The fraction of sp³-hybridized carbons (Fsp3) is 0.571. The van der Waals surface area contributed by atoms with E-state index >= 15 is 0 Å². The van der Waals surface area contributed by atoms with Gasteiger partial charge < -0.3 is 28.4 Å². The van der Waals surface area contributed by atoms with Gasteiger partial charge in [0.25, 0.3) is 0 Å². The number of aldehydes is 1. The highest BCUT2D eigenvalue weighted by molar-refractivity contribution is 6.03. The molecule has 3 rings (SSSR count). The molecule has 0 unspecified atom stereocenters. The van der Waals surface area contributed by atoms with Gasteiger partial charge in [-0.3, -0.25) is 4.79 Å². The lowest BCUT2D eigenvalue weighted by Gasteiger charge is -2.22. The standard InChI is InChI=1S/C35H48O9/c1-7-11-14-17-40-27-20-23(5)28-32(25(27)21-36)43-30-24(6)29(34(37)42-19-16-13-9-3)31(41-18-15-12-8-2)26(22-39-10-4)33(30)44-35(28)38/h20-21H,7-19,22H2,1-6H3. The third-order valence-electron chi connectivity index (χ3n) is 7.53. The van der Waals surface area contributed by atoms with Crippen molar-refractivity contribution in [1.29, 1.82) is 0 Å². The van der Waals surface area contributed by atoms with Crippen LogP contribution >= 0.6 is 0 Å². The highest BCUT2D eigenvalue weighted by Gasteiger charge is 2.36. The molecule has 44 heavy (non-hydrogen) atoms. The maximum absolute atomic E-state index is 13.7. The Balaban J connectivity index is 2.23. The molecule has 2 aromatic carbocycles. The summed E-state index contributed by atoms with van der Waals surface area (Å²) >= 11 is 0. The molecule has 0 aliphatic carbocycles. The quantitative estimate of drug-likeness (QED) is 0.0668. The summed E-state index contributed by atoms with van der Waals surface area (Å²) in [6.07, 6.45) is 8.82. The first kappa shape index (κ1) is 34.9. The monoisotopic (exact) mass is 612 g/mol. The first-order valence-electron chi connectivity index (χ1n) is 16.1. The van der Waals surface area contributed by atoms with Crippen LogP contribution in [0.25, 0.3) is 0 Å². The van der Waals surface area contributed by atoms with Crippen LogP contribution in [-0.2, 0) is 16.1 Å². The molecule has 0 aromatic heterocycles. The third kappa shape index (κ3) is 8.31. The first-order chi connectivity index (χ1) is 21.3. The summed E-state index contributed by atoms with van der Waals surface area (Å²) in [6, 6.07) is 1.66. The number of unbranched alkanes of at least 4 members (excludes halogenated alkanes) is 6. The minimum atomic E-state index is -0.694. The minimum absolute atomic E-state index is 0.00334. The number of carbonyl (C=O) groups is 3. The molecular formula is C35H48O9. The van der Waals surface area contributed by atoms with Gasteiger partial charge in [0, 0.05) is 12.2 Å². The van der Waals surface area contributed by atoms with Crippen molar-refractivity contribution < 1.29 is 42.8 Å². The van der Waals surface area contributed by atoms with E-state index in [9.17, 15) is 14.4 Å². The van der Waals surface area contributed by atoms with Crippen molar-refractivity contribution in [3.63, 3.8) is 0 Å². The van der Waals surface area contributed by atoms with Crippen LogP contribution in [0.15, 0.2) is 6.07 Å². The van der Waals surface area contributed by atoms with Crippen LogP contribution in [0.4, 0.5) is 0 Å². The molecule has 1 heterocycles. The molecule has 0 saturated heterocycles. The number of benzene rings is 2. The maximum Gasteiger partial charge on any atom is 0.347 e. The van der Waals surface area contributed by atoms with Gasteiger partial charge in [0.2, 0.25) is 0 Å². The molecule has 1 aliphatic heterocycles. The van der Waals surface area contributed by atoms with Crippen LogP contribution in [-0.4, -0.2) is 44.7 Å². The van der Waals surface area contributed by atoms with E-state index in [1.807, 2.05) is 6.92 Å². The van der Waals surface area contributed by atoms with Crippen molar-refractivity contribution in [2.45, 2.75) is 106 Å². The van der Waals surface area contributed by atoms with Crippen molar-refractivity contribution in [2.24, 2.45) is 0 Å². The van der Waals surface area contributed by atoms with Crippen LogP contribution in [0.1, 0.15) is 133 Å². The Morgan fingerprint density at radius 2 is 1.45 bits per heavy atom. The number of fused-ring (bicyclic) bond motifs is 2. The molecule has 0 amide bonds. The van der Waals surface area contributed by atoms with E-state index in [1.54, 1.807) is 19.9 Å². The average molecular weight is 613 g/mol. The summed E-state index contributed by atoms with van der Waals surface area (Å²) in [7, 11) is 0. The third-order valence-corrected chi connectivity index (χ3v) is 7.53. The first-order valence-corrected chi connectivity index (χ1v) is 16.1. The number of hydrogen-bond donors (Lipinski definition) is 0. The summed E-state index contributed by atoms with van der Waals surface area (Å²) < 4.78 is 36.2. The van der Waals surface area contributed by atoms with Crippen LogP contribution in [0.5, 0.6) is 28.7 Å². The molecule has 9 nitrogen and oxygen atoms in total. The lowest BCUT2D eigenvalue weighted by atomic mass is 10.00. The Hall–Kier alpha value is -3.59. The van der Waals surface area contributed by atoms with Gasteiger partial charge in [-0.15, -0.1) is 0 Å². The Kier molecular flexibility index (Phi) is 14.0. The summed E-state index contributed by atoms with van der Waals surface area (Å²) in [5.74, 6) is -0.447. The van der Waals surface area contributed by atoms with E-state index in [2.05, 4.69) is 20.8 Å². The fourth-order valence-corrected chi connectivity index (χ4v) is 5.07. The van der Waals surface area contributed by atoms with Crippen LogP contribution in [0.3, 0.4) is 0 Å². The highest BCUT2D eigenvalue weighted by atomic mass is 16.6. The van der Waals surface area contributed by atoms with Gasteiger partial charge in [-0.05, 0) is 51.7 Å². The maximum atomic E-state index is 13.7. The lowest BCUT2D eigenvalue weighted by molar-refractivity contribution is 0.0490. The van der Waals surface area contributed by atoms with Crippen molar-refractivity contribution >= 4 is 18.2 Å². The zero-order valence-electron chi connectivity index (χ0n) is 27.2. The SMILES string of the molecule is CCCCCOC(=O)c1c(C)c2c(c(COCC)c1OCCCCC)OC(=O)c1c(C)cc(OCCCCC)c(C=O)c1O2. The summed E-state index contributed by atoms with van der Waals surface area (Å²) in [5, 5.41) is 0. The van der Waals surface area contributed by atoms with Gasteiger partial charge in [-0.2, -0.15) is 0 Å². The van der Waals surface area contributed by atoms with Crippen LogP contribution < -0.4 is 18.9 Å². The Labute approximate surface area is 261 Å². The van der Waals surface area contributed by atoms with E-state index in [1.165, 1.54) is 0 Å². The zero-order valence-corrected chi connectivity index (χ0v) is 27.2. The molecule has 0 atom stereocenters. The van der Waals surface area contributed by atoms with E-state index in [0.29, 0.717) is 48.5 Å². The largest absolute Gasteiger partial charge is 0.493 e. The summed E-state index contributed by atoms with van der Waals surface area (Å²) in [4.78, 5) is 39.8. The van der Waals surface area contributed by atoms with E-state index in [4.69, 9.17) is 28.4 Å². The van der Waals surface area contributed by atoms with E-state index in [-0.39, 0.29) is 52.9 Å². The second kappa shape index (κ2) is 17.6. The van der Waals surface area contributed by atoms with E-state index in [0.717, 1.165) is 57.8 Å². The lowest BCUT2D eigenvalue weighted by Crippen LogP contribution is -2.16. The van der Waals surface area contributed by atoms with Crippen LogP contribution in [0.2, 0.25) is 0 Å². The van der Waals surface area contributed by atoms with Gasteiger partial charge in [0.1, 0.15) is 22.6 Å². The molecule has 0 saturated carbocycles. The molecule has 0 N–H and O–H groups in total. The van der Waals surface area contributed by atoms with Crippen LogP contribution in [0, 0.1) is 13.8 Å². The Morgan fingerprint density at radius 1 is 0.818 bits per heavy atom. The van der Waals surface area contributed by atoms with Gasteiger partial charge >= 0.3 is 11.9 Å². The molecular weight excluding hydrogens is 564 g/mol. The molecule has 9 heteroatoms. The number of esters is 2. The second-order valence-electron chi connectivity index (χ2n) is 11.0. The smallest absolute Gasteiger partial charge is 0.347 e. The van der Waals surface area contributed by atoms with Gasteiger partial charge in [-0.25, -0.2) is 9.59 Å². The van der Waals surface area contributed by atoms with Crippen molar-refractivity contribution in [3.05, 3.63) is 39.4 Å². The molecule has 0 spiro atoms. The fourth-order valence-electron chi connectivity index (χ4n) is 5.07. The number of carbonyl (C=O) groups excluding carboxylic acids is 3. The summed E-state index contributed by atoms with van der Waals surface area (Å²) in [6.45, 7) is 12.9. The van der Waals surface area contributed by atoms with Gasteiger partial charge in [-0.1, -0.05) is 59.3 Å². The van der Waals surface area contributed by atoms with Crippen molar-refractivity contribution in [2.75, 3.05) is 26.4 Å². The topological polar surface area (TPSA) is 107 Å². The molecule has 0 fully saturated rings. The van der Waals surface area contributed by atoms with Crippen molar-refractivity contribution in [3.8, 4) is 28.7 Å². The molecule has 0 bridgehead atoms. The average Bonchev–Trinajstić information content (AvgIpc) is 3.16. The number of hydrogen-bond acceptors (Lipinski definition) is 9. The second-order valence-corrected chi connectivity index (χ2v) is 11.0. The Morgan fingerprint density at radius 3 is 2.07 bits per heavy atom. The molecule has 242 valence electrons. The predicted octanol–water partition coefficient (Wildman–Crippen LogP) is 8.46. The molecule has 1 aliphatic rings. The van der Waals surface area contributed by atoms with Crippen molar-refractivity contribution in [1.82, 2.24) is 0 Å².